The summed E-state index contributed by atoms with van der Waals surface area (Å²) in [6, 6.07) is 5.31. The van der Waals surface area contributed by atoms with Gasteiger partial charge in [-0.25, -0.2) is 0 Å². The number of benzene rings is 1. The summed E-state index contributed by atoms with van der Waals surface area (Å²) in [5.74, 6) is 0.523. The number of nitrogens with one attached hydrogen (secondary N) is 1. The molecule has 2 rings (SSSR count). The fraction of sp³-hybridized carbons (Fsp3) is 0.429. The standard InChI is InChI=1S/C14H18N2O3/c1-19-14-8-11(7-13(9-14)16(17)18)10-15-12-5-3-2-4-6-12/h2-3,7-9,12,15H,4-6,10H2,1H3. The van der Waals surface area contributed by atoms with Gasteiger partial charge in [0, 0.05) is 18.7 Å². The molecule has 1 aromatic rings. The minimum atomic E-state index is -0.393. The molecule has 19 heavy (non-hydrogen) atoms. The number of hydrogen-bond acceptors (Lipinski definition) is 4. The van der Waals surface area contributed by atoms with Crippen LogP contribution in [0.15, 0.2) is 30.4 Å². The van der Waals surface area contributed by atoms with Crippen LogP contribution < -0.4 is 10.1 Å². The maximum atomic E-state index is 10.8. The van der Waals surface area contributed by atoms with E-state index < -0.39 is 4.92 Å². The Labute approximate surface area is 112 Å². The summed E-state index contributed by atoms with van der Waals surface area (Å²) in [7, 11) is 1.52. The third-order valence-corrected chi connectivity index (χ3v) is 3.26. The number of rotatable bonds is 5. The molecule has 1 aliphatic carbocycles. The lowest BCUT2D eigenvalue weighted by Crippen LogP contribution is -2.29. The van der Waals surface area contributed by atoms with Crippen molar-refractivity contribution in [2.75, 3.05) is 7.11 Å². The molecule has 5 nitrogen and oxygen atoms in total. The van der Waals surface area contributed by atoms with Crippen LogP contribution in [-0.2, 0) is 6.54 Å². The van der Waals surface area contributed by atoms with Gasteiger partial charge in [0.1, 0.15) is 5.75 Å². The molecule has 0 saturated carbocycles. The predicted octanol–water partition coefficient (Wildman–Crippen LogP) is 2.80. The molecule has 1 aliphatic rings. The van der Waals surface area contributed by atoms with Crippen molar-refractivity contribution >= 4 is 5.69 Å². The van der Waals surface area contributed by atoms with Gasteiger partial charge in [0.05, 0.1) is 18.1 Å². The van der Waals surface area contributed by atoms with Gasteiger partial charge in [-0.15, -0.1) is 0 Å². The highest BCUT2D eigenvalue weighted by molar-refractivity contribution is 5.42. The molecule has 0 fully saturated rings. The Bertz CT molecular complexity index is 486. The summed E-state index contributed by atoms with van der Waals surface area (Å²) < 4.78 is 5.09. The lowest BCUT2D eigenvalue weighted by Gasteiger charge is -2.19. The van der Waals surface area contributed by atoms with Gasteiger partial charge in [-0.3, -0.25) is 10.1 Å². The van der Waals surface area contributed by atoms with Crippen LogP contribution in [0.1, 0.15) is 24.8 Å². The zero-order valence-corrected chi connectivity index (χ0v) is 11.0. The Morgan fingerprint density at radius 1 is 1.42 bits per heavy atom. The second-order valence-electron chi connectivity index (χ2n) is 4.66. The zero-order valence-electron chi connectivity index (χ0n) is 11.0. The summed E-state index contributed by atoms with van der Waals surface area (Å²) >= 11 is 0. The normalized spacial score (nSPS) is 18.3. The summed E-state index contributed by atoms with van der Waals surface area (Å²) in [6.07, 6.45) is 7.59. The van der Waals surface area contributed by atoms with Gasteiger partial charge in [0.2, 0.25) is 0 Å². The Kier molecular flexibility index (Phi) is 4.52. The third kappa shape index (κ3) is 3.79. The Morgan fingerprint density at radius 3 is 2.89 bits per heavy atom. The summed E-state index contributed by atoms with van der Waals surface area (Å²) in [4.78, 5) is 10.5. The molecule has 0 aliphatic heterocycles. The zero-order chi connectivity index (χ0) is 13.7. The van der Waals surface area contributed by atoms with Crippen LogP contribution in [0, 0.1) is 10.1 Å². The predicted molar refractivity (Wildman–Crippen MR) is 73.3 cm³/mol. The Morgan fingerprint density at radius 2 is 2.26 bits per heavy atom. The van der Waals surface area contributed by atoms with E-state index in [1.165, 1.54) is 13.2 Å². The molecule has 0 amide bonds. The van der Waals surface area contributed by atoms with Crippen LogP contribution in [0.3, 0.4) is 0 Å². The largest absolute Gasteiger partial charge is 0.496 e. The second-order valence-corrected chi connectivity index (χ2v) is 4.66. The van der Waals surface area contributed by atoms with Crippen molar-refractivity contribution in [3.8, 4) is 5.75 Å². The molecule has 1 atom stereocenters. The molecule has 1 N–H and O–H groups in total. The smallest absolute Gasteiger partial charge is 0.273 e. The first-order valence-electron chi connectivity index (χ1n) is 6.40. The van der Waals surface area contributed by atoms with Gasteiger partial charge >= 0.3 is 0 Å². The average Bonchev–Trinajstić information content (AvgIpc) is 2.45. The van der Waals surface area contributed by atoms with E-state index in [0.717, 1.165) is 24.8 Å². The molecule has 5 heteroatoms. The average molecular weight is 262 g/mol. The number of nitrogens with zero attached hydrogens (tertiary/aromatic N) is 1. The molecule has 1 aromatic carbocycles. The van der Waals surface area contributed by atoms with Crippen LogP contribution in [0.5, 0.6) is 5.75 Å². The minimum Gasteiger partial charge on any atom is -0.496 e. The fourth-order valence-electron chi connectivity index (χ4n) is 2.21. The highest BCUT2D eigenvalue weighted by atomic mass is 16.6. The Balaban J connectivity index is 2.04. The minimum absolute atomic E-state index is 0.0692. The molecular formula is C14H18N2O3. The van der Waals surface area contributed by atoms with E-state index in [2.05, 4.69) is 17.5 Å². The first kappa shape index (κ1) is 13.5. The van der Waals surface area contributed by atoms with Crippen LogP contribution in [-0.4, -0.2) is 18.1 Å². The maximum absolute atomic E-state index is 10.8. The fourth-order valence-corrected chi connectivity index (χ4v) is 2.21. The molecule has 0 aromatic heterocycles. The van der Waals surface area contributed by atoms with E-state index in [0.29, 0.717) is 18.3 Å². The topological polar surface area (TPSA) is 64.4 Å². The van der Waals surface area contributed by atoms with Gasteiger partial charge in [0.25, 0.3) is 5.69 Å². The van der Waals surface area contributed by atoms with Gasteiger partial charge in [-0.1, -0.05) is 12.2 Å². The van der Waals surface area contributed by atoms with Crippen molar-refractivity contribution in [3.05, 3.63) is 46.0 Å². The number of allylic oxidation sites excluding steroid dienone is 1. The first-order valence-corrected chi connectivity index (χ1v) is 6.40. The molecule has 0 radical (unpaired) electrons. The first-order chi connectivity index (χ1) is 9.19. The monoisotopic (exact) mass is 262 g/mol. The van der Waals surface area contributed by atoms with E-state index in [-0.39, 0.29) is 5.69 Å². The van der Waals surface area contributed by atoms with Gasteiger partial charge < -0.3 is 10.1 Å². The number of ether oxygens (including phenoxy) is 1. The van der Waals surface area contributed by atoms with E-state index >= 15 is 0 Å². The summed E-state index contributed by atoms with van der Waals surface area (Å²) in [5, 5.41) is 14.3. The lowest BCUT2D eigenvalue weighted by molar-refractivity contribution is -0.385. The van der Waals surface area contributed by atoms with Crippen molar-refractivity contribution in [1.82, 2.24) is 5.32 Å². The van der Waals surface area contributed by atoms with Crippen LogP contribution in [0.4, 0.5) is 5.69 Å². The molecule has 102 valence electrons. The van der Waals surface area contributed by atoms with E-state index in [1.807, 2.05) is 6.07 Å². The molecule has 1 unspecified atom stereocenters. The number of methoxy groups -OCH3 is 1. The summed E-state index contributed by atoms with van der Waals surface area (Å²) in [5.41, 5.74) is 0.945. The second kappa shape index (κ2) is 6.33. The van der Waals surface area contributed by atoms with Crippen molar-refractivity contribution in [2.45, 2.75) is 31.8 Å². The van der Waals surface area contributed by atoms with Crippen LogP contribution >= 0.6 is 0 Å². The molecule has 0 spiro atoms. The van der Waals surface area contributed by atoms with Gasteiger partial charge in [-0.2, -0.15) is 0 Å². The number of nitro benzene ring substituents is 1. The van der Waals surface area contributed by atoms with Crippen LogP contribution in [0.2, 0.25) is 0 Å². The third-order valence-electron chi connectivity index (χ3n) is 3.26. The number of non-ortho nitro benzene ring substituents is 1. The van der Waals surface area contributed by atoms with Crippen molar-refractivity contribution < 1.29 is 9.66 Å². The van der Waals surface area contributed by atoms with Gasteiger partial charge in [-0.05, 0) is 30.9 Å². The number of hydrogen-bond donors (Lipinski definition) is 1. The lowest BCUT2D eigenvalue weighted by atomic mass is 10.0. The molecule has 0 saturated heterocycles. The SMILES string of the molecule is COc1cc(CNC2CC=CCC2)cc([N+](=O)[O-])c1. The van der Waals surface area contributed by atoms with Crippen LogP contribution in [0.25, 0.3) is 0 Å². The van der Waals surface area contributed by atoms with Crippen molar-refractivity contribution in [2.24, 2.45) is 0 Å². The van der Waals surface area contributed by atoms with Crippen molar-refractivity contribution in [1.29, 1.82) is 0 Å². The van der Waals surface area contributed by atoms with Gasteiger partial charge in [0.15, 0.2) is 0 Å². The maximum Gasteiger partial charge on any atom is 0.273 e. The highest BCUT2D eigenvalue weighted by Crippen LogP contribution is 2.23. The van der Waals surface area contributed by atoms with E-state index in [1.54, 1.807) is 6.07 Å². The van der Waals surface area contributed by atoms with Crippen molar-refractivity contribution in [3.63, 3.8) is 0 Å². The molecule has 0 heterocycles. The highest BCUT2D eigenvalue weighted by Gasteiger charge is 2.12. The number of nitro groups is 1. The summed E-state index contributed by atoms with van der Waals surface area (Å²) in [6.45, 7) is 0.622. The van der Waals surface area contributed by atoms with E-state index in [4.69, 9.17) is 4.74 Å². The molecule has 0 bridgehead atoms. The van der Waals surface area contributed by atoms with E-state index in [9.17, 15) is 10.1 Å². The Hall–Kier alpha value is -1.88. The molecular weight excluding hydrogens is 244 g/mol. The quantitative estimate of drug-likeness (QED) is 0.503.